The van der Waals surface area contributed by atoms with Gasteiger partial charge >= 0.3 is 0 Å². The van der Waals surface area contributed by atoms with Crippen molar-refractivity contribution in [1.29, 1.82) is 0 Å². The van der Waals surface area contributed by atoms with E-state index in [2.05, 4.69) is 37.7 Å². The van der Waals surface area contributed by atoms with Crippen LogP contribution in [0.3, 0.4) is 0 Å². The Bertz CT molecular complexity index is 1010. The summed E-state index contributed by atoms with van der Waals surface area (Å²) in [6, 6.07) is 12.0. The van der Waals surface area contributed by atoms with Crippen LogP contribution < -0.4 is 0 Å². The lowest BCUT2D eigenvalue weighted by atomic mass is 10.3. The van der Waals surface area contributed by atoms with Crippen molar-refractivity contribution in [2.45, 2.75) is 34.5 Å². The molecule has 0 fully saturated rings. The summed E-state index contributed by atoms with van der Waals surface area (Å²) in [5.74, 6) is 2.51. The molecule has 0 aliphatic carbocycles. The van der Waals surface area contributed by atoms with Crippen LogP contribution in [0.1, 0.15) is 18.3 Å². The van der Waals surface area contributed by atoms with Crippen LogP contribution in [0.5, 0.6) is 0 Å². The predicted molar refractivity (Wildman–Crippen MR) is 114 cm³/mol. The van der Waals surface area contributed by atoms with Gasteiger partial charge in [0.15, 0.2) is 9.50 Å². The van der Waals surface area contributed by atoms with Crippen LogP contribution in [0.25, 0.3) is 10.2 Å². The number of thioether (sulfide) groups is 2. The van der Waals surface area contributed by atoms with E-state index in [4.69, 9.17) is 11.6 Å². The number of rotatable bonds is 7. The standard InChI is InChI=1S/C18H16ClN5S3/c1-2-24-16(11-26-18-21-13-5-3-4-6-14(13)27-18)22-23-17(24)25-10-12-7-8-15(19)20-9-12/h3-9H,2,10-11H2,1H3. The minimum absolute atomic E-state index is 0.509. The first-order valence-electron chi connectivity index (χ1n) is 8.36. The molecule has 3 heterocycles. The summed E-state index contributed by atoms with van der Waals surface area (Å²) in [6.07, 6.45) is 1.80. The van der Waals surface area contributed by atoms with Crippen molar-refractivity contribution in [1.82, 2.24) is 24.7 Å². The van der Waals surface area contributed by atoms with Crippen molar-refractivity contribution in [3.8, 4) is 0 Å². The van der Waals surface area contributed by atoms with E-state index in [1.807, 2.05) is 30.3 Å². The highest BCUT2D eigenvalue weighted by atomic mass is 35.5. The number of pyridine rings is 1. The van der Waals surface area contributed by atoms with Gasteiger partial charge < -0.3 is 4.57 Å². The second kappa shape index (κ2) is 8.60. The maximum absolute atomic E-state index is 5.84. The molecule has 4 aromatic rings. The largest absolute Gasteiger partial charge is 0.306 e. The molecule has 1 aromatic carbocycles. The first-order chi connectivity index (χ1) is 13.2. The molecule has 0 aliphatic heterocycles. The maximum Gasteiger partial charge on any atom is 0.191 e. The zero-order valence-electron chi connectivity index (χ0n) is 14.5. The maximum atomic E-state index is 5.84. The van der Waals surface area contributed by atoms with Crippen LogP contribution >= 0.6 is 46.5 Å². The number of nitrogens with zero attached hydrogens (tertiary/aromatic N) is 5. The molecule has 0 saturated heterocycles. The number of halogens is 1. The van der Waals surface area contributed by atoms with E-state index in [0.29, 0.717) is 5.15 Å². The highest BCUT2D eigenvalue weighted by molar-refractivity contribution is 8.00. The molecule has 27 heavy (non-hydrogen) atoms. The van der Waals surface area contributed by atoms with Gasteiger partial charge in [-0.25, -0.2) is 9.97 Å². The van der Waals surface area contributed by atoms with Crippen molar-refractivity contribution in [2.24, 2.45) is 0 Å². The molecule has 0 atom stereocenters. The normalized spacial score (nSPS) is 11.3. The number of hydrogen-bond donors (Lipinski definition) is 0. The summed E-state index contributed by atoms with van der Waals surface area (Å²) >= 11 is 10.9. The molecular weight excluding hydrogens is 418 g/mol. The number of benzene rings is 1. The molecule has 3 aromatic heterocycles. The van der Waals surface area contributed by atoms with Crippen molar-refractivity contribution in [2.75, 3.05) is 0 Å². The molecule has 0 amide bonds. The van der Waals surface area contributed by atoms with Gasteiger partial charge in [0.25, 0.3) is 0 Å². The van der Waals surface area contributed by atoms with Crippen molar-refractivity contribution in [3.05, 3.63) is 59.1 Å². The summed E-state index contributed by atoms with van der Waals surface area (Å²) in [5, 5.41) is 10.2. The van der Waals surface area contributed by atoms with Crippen LogP contribution in [0.2, 0.25) is 5.15 Å². The van der Waals surface area contributed by atoms with Gasteiger partial charge in [0, 0.05) is 18.5 Å². The molecule has 0 aliphatic rings. The summed E-state index contributed by atoms with van der Waals surface area (Å²) in [5.41, 5.74) is 2.16. The van der Waals surface area contributed by atoms with Crippen LogP contribution in [0.15, 0.2) is 52.1 Å². The van der Waals surface area contributed by atoms with Crippen molar-refractivity contribution >= 4 is 56.7 Å². The molecule has 0 saturated carbocycles. The Labute approximate surface area is 174 Å². The highest BCUT2D eigenvalue weighted by Crippen LogP contribution is 2.32. The van der Waals surface area contributed by atoms with Crippen LogP contribution in [-0.2, 0) is 18.1 Å². The van der Waals surface area contributed by atoms with Gasteiger partial charge in [0.1, 0.15) is 11.0 Å². The highest BCUT2D eigenvalue weighted by Gasteiger charge is 2.13. The fraction of sp³-hybridized carbons (Fsp3) is 0.222. The summed E-state index contributed by atoms with van der Waals surface area (Å²) in [4.78, 5) is 8.79. The Kier molecular flexibility index (Phi) is 5.97. The molecule has 0 radical (unpaired) electrons. The van der Waals surface area contributed by atoms with Gasteiger partial charge in [0.2, 0.25) is 0 Å². The molecule has 9 heteroatoms. The first kappa shape index (κ1) is 18.7. The molecule has 138 valence electrons. The number of hydrogen-bond acceptors (Lipinski definition) is 7. The van der Waals surface area contributed by atoms with Gasteiger partial charge in [0.05, 0.1) is 16.0 Å². The third kappa shape index (κ3) is 4.45. The Morgan fingerprint density at radius 1 is 1.07 bits per heavy atom. The van der Waals surface area contributed by atoms with Crippen LogP contribution in [0, 0.1) is 0 Å². The Hall–Kier alpha value is -1.61. The van der Waals surface area contributed by atoms with E-state index in [1.165, 1.54) is 4.70 Å². The van der Waals surface area contributed by atoms with Gasteiger partial charge in [-0.15, -0.1) is 21.5 Å². The van der Waals surface area contributed by atoms with Crippen LogP contribution in [0.4, 0.5) is 0 Å². The van der Waals surface area contributed by atoms with E-state index >= 15 is 0 Å². The SMILES string of the molecule is CCn1c(CSc2nc3ccccc3s2)nnc1SCc1ccc(Cl)nc1. The average molecular weight is 434 g/mol. The molecule has 5 nitrogen and oxygen atoms in total. The van der Waals surface area contributed by atoms with Gasteiger partial charge in [-0.05, 0) is 30.7 Å². The summed E-state index contributed by atoms with van der Waals surface area (Å²) < 4.78 is 4.43. The monoisotopic (exact) mass is 433 g/mol. The second-order valence-electron chi connectivity index (χ2n) is 5.66. The van der Waals surface area contributed by atoms with Gasteiger partial charge in [-0.2, -0.15) is 0 Å². The Morgan fingerprint density at radius 2 is 1.96 bits per heavy atom. The van der Waals surface area contributed by atoms with Crippen molar-refractivity contribution in [3.63, 3.8) is 0 Å². The van der Waals surface area contributed by atoms with E-state index in [0.717, 1.165) is 44.5 Å². The predicted octanol–water partition coefficient (Wildman–Crippen LogP) is 5.54. The third-order valence-corrected chi connectivity index (χ3v) is 7.30. The number of fused-ring (bicyclic) bond motifs is 1. The summed E-state index contributed by atoms with van der Waals surface area (Å²) in [6.45, 7) is 2.95. The second-order valence-corrected chi connectivity index (χ2v) is 9.24. The fourth-order valence-electron chi connectivity index (χ4n) is 2.53. The Morgan fingerprint density at radius 3 is 2.74 bits per heavy atom. The Balaban J connectivity index is 1.43. The van der Waals surface area contributed by atoms with E-state index in [-0.39, 0.29) is 0 Å². The zero-order chi connectivity index (χ0) is 18.6. The molecule has 0 bridgehead atoms. The minimum atomic E-state index is 0.509. The average Bonchev–Trinajstić information content (AvgIpc) is 3.28. The lowest BCUT2D eigenvalue weighted by molar-refractivity contribution is 0.659. The van der Waals surface area contributed by atoms with Gasteiger partial charge in [-0.3, -0.25) is 0 Å². The quantitative estimate of drug-likeness (QED) is 0.281. The zero-order valence-corrected chi connectivity index (χ0v) is 17.7. The fourth-order valence-corrected chi connectivity index (χ4v) is 5.60. The van der Waals surface area contributed by atoms with Crippen LogP contribution in [-0.4, -0.2) is 24.7 Å². The van der Waals surface area contributed by atoms with E-state index in [9.17, 15) is 0 Å². The van der Waals surface area contributed by atoms with E-state index in [1.54, 1.807) is 41.1 Å². The number of aromatic nitrogens is 5. The van der Waals surface area contributed by atoms with E-state index < -0.39 is 0 Å². The third-order valence-electron chi connectivity index (χ3n) is 3.87. The lowest BCUT2D eigenvalue weighted by Crippen LogP contribution is -2.02. The molecular formula is C18H16ClN5S3. The summed E-state index contributed by atoms with van der Waals surface area (Å²) in [7, 11) is 0. The first-order valence-corrected chi connectivity index (χ1v) is 11.5. The van der Waals surface area contributed by atoms with Gasteiger partial charge in [-0.1, -0.05) is 53.3 Å². The van der Waals surface area contributed by atoms with Crippen molar-refractivity contribution < 1.29 is 0 Å². The number of thiazole rings is 1. The molecule has 0 unspecified atom stereocenters. The minimum Gasteiger partial charge on any atom is -0.306 e. The molecule has 0 N–H and O–H groups in total. The molecule has 4 rings (SSSR count). The number of para-hydroxylation sites is 1. The lowest BCUT2D eigenvalue weighted by Gasteiger charge is -2.06. The smallest absolute Gasteiger partial charge is 0.191 e. The molecule has 0 spiro atoms. The topological polar surface area (TPSA) is 56.5 Å².